The third-order valence-electron chi connectivity index (χ3n) is 1.63. The molecule has 0 heterocycles. The van der Waals surface area contributed by atoms with Crippen LogP contribution in [0, 0.1) is 0 Å². The van der Waals surface area contributed by atoms with Crippen LogP contribution in [0.1, 0.15) is 0 Å². The largest absolute Gasteiger partial charge is 0.467 e. The molecular weight excluding hydrogens is 186 g/mol. The lowest BCUT2D eigenvalue weighted by atomic mass is 10.3. The van der Waals surface area contributed by atoms with Crippen molar-refractivity contribution < 1.29 is 14.3 Å². The molecule has 3 N–H and O–H groups in total. The van der Waals surface area contributed by atoms with E-state index >= 15 is 0 Å². The smallest absolute Gasteiger partial charge is 0.332 e. The first-order valence-corrected chi connectivity index (χ1v) is 4.24. The predicted octanol–water partition coefficient (Wildman–Crippen LogP) is -1.84. The van der Waals surface area contributed by atoms with Crippen molar-refractivity contribution in [2.75, 3.05) is 34.3 Å². The molecule has 0 radical (unpaired) electrons. The van der Waals surface area contributed by atoms with E-state index in [1.807, 2.05) is 19.0 Å². The zero-order valence-electron chi connectivity index (χ0n) is 8.74. The summed E-state index contributed by atoms with van der Waals surface area (Å²) in [6.07, 6.45) is 0. The number of nitrogens with zero attached hydrogens (tertiary/aromatic N) is 1. The summed E-state index contributed by atoms with van der Waals surface area (Å²) in [4.78, 5) is 23.8. The molecule has 0 saturated carbocycles. The number of ether oxygens (including phenoxy) is 1. The summed E-state index contributed by atoms with van der Waals surface area (Å²) in [5, 5.41) is 2.71. The van der Waals surface area contributed by atoms with Gasteiger partial charge in [0.2, 0.25) is 5.91 Å². The van der Waals surface area contributed by atoms with Gasteiger partial charge in [0.05, 0.1) is 7.11 Å². The van der Waals surface area contributed by atoms with Gasteiger partial charge in [0.25, 0.3) is 0 Å². The van der Waals surface area contributed by atoms with Gasteiger partial charge in [-0.3, -0.25) is 10.1 Å². The minimum absolute atomic E-state index is 0.496. The van der Waals surface area contributed by atoms with Gasteiger partial charge >= 0.3 is 5.97 Å². The Morgan fingerprint density at radius 3 is 2.43 bits per heavy atom. The fourth-order valence-electron chi connectivity index (χ4n) is 0.850. The number of carbonyl (C=O) groups excluding carboxylic acids is 2. The van der Waals surface area contributed by atoms with Crippen LogP contribution in [0.25, 0.3) is 0 Å². The van der Waals surface area contributed by atoms with Gasteiger partial charge in [-0.1, -0.05) is 0 Å². The normalized spacial score (nSPS) is 12.6. The molecule has 1 unspecified atom stereocenters. The third-order valence-corrected chi connectivity index (χ3v) is 1.63. The molecule has 0 rings (SSSR count). The third kappa shape index (κ3) is 4.78. The Morgan fingerprint density at radius 1 is 1.50 bits per heavy atom. The Bertz CT molecular complexity index is 206. The predicted molar refractivity (Wildman–Crippen MR) is 51.6 cm³/mol. The van der Waals surface area contributed by atoms with Gasteiger partial charge in [-0.2, -0.15) is 0 Å². The van der Waals surface area contributed by atoms with Crippen molar-refractivity contribution in [1.29, 1.82) is 0 Å². The molecule has 82 valence electrons. The molecule has 1 amide bonds. The molecule has 0 aromatic rings. The maximum Gasteiger partial charge on any atom is 0.332 e. The number of rotatable bonds is 6. The van der Waals surface area contributed by atoms with Crippen LogP contribution in [0.4, 0.5) is 0 Å². The van der Waals surface area contributed by atoms with Gasteiger partial charge < -0.3 is 15.4 Å². The average molecular weight is 203 g/mol. The summed E-state index contributed by atoms with van der Waals surface area (Å²) in [6, 6.07) is -1.06. The van der Waals surface area contributed by atoms with Gasteiger partial charge in [0.1, 0.15) is 0 Å². The SMILES string of the molecule is COC(=O)C(NCCN(C)C)C(N)=O. The van der Waals surface area contributed by atoms with Gasteiger partial charge in [-0.05, 0) is 14.1 Å². The Morgan fingerprint density at radius 2 is 2.07 bits per heavy atom. The topological polar surface area (TPSA) is 84.7 Å². The van der Waals surface area contributed by atoms with Gasteiger partial charge in [-0.15, -0.1) is 0 Å². The minimum atomic E-state index is -1.06. The molecule has 0 aliphatic carbocycles. The summed E-state index contributed by atoms with van der Waals surface area (Å²) < 4.78 is 4.42. The molecule has 0 aliphatic rings. The summed E-state index contributed by atoms with van der Waals surface area (Å²) >= 11 is 0. The number of carbonyl (C=O) groups is 2. The molecule has 0 saturated heterocycles. The van der Waals surface area contributed by atoms with Crippen LogP contribution in [0.15, 0.2) is 0 Å². The van der Waals surface area contributed by atoms with E-state index < -0.39 is 17.9 Å². The number of methoxy groups -OCH3 is 1. The molecule has 0 fully saturated rings. The number of nitrogens with two attached hydrogens (primary N) is 1. The summed E-state index contributed by atoms with van der Waals surface area (Å²) in [7, 11) is 4.99. The minimum Gasteiger partial charge on any atom is -0.467 e. The van der Waals surface area contributed by atoms with Crippen molar-refractivity contribution in [3.63, 3.8) is 0 Å². The van der Waals surface area contributed by atoms with Crippen LogP contribution in [0.5, 0.6) is 0 Å². The number of esters is 1. The van der Waals surface area contributed by atoms with Crippen LogP contribution >= 0.6 is 0 Å². The molecule has 6 heteroatoms. The van der Waals surface area contributed by atoms with Gasteiger partial charge in [0.15, 0.2) is 6.04 Å². The van der Waals surface area contributed by atoms with E-state index in [2.05, 4.69) is 10.1 Å². The maximum absolute atomic E-state index is 11.0. The Balaban J connectivity index is 3.99. The highest BCUT2D eigenvalue weighted by atomic mass is 16.5. The molecule has 1 atom stereocenters. The first kappa shape index (κ1) is 12.9. The van der Waals surface area contributed by atoms with Crippen molar-refractivity contribution in [2.45, 2.75) is 6.04 Å². The molecule has 0 spiro atoms. The standard InChI is InChI=1S/C8H17N3O3/c1-11(2)5-4-10-6(7(9)12)8(13)14-3/h6,10H,4-5H2,1-3H3,(H2,9,12). The summed E-state index contributed by atoms with van der Waals surface area (Å²) in [5.41, 5.74) is 5.01. The molecule has 0 aromatic carbocycles. The second-order valence-corrected chi connectivity index (χ2v) is 3.12. The summed E-state index contributed by atoms with van der Waals surface area (Å²) in [5.74, 6) is -1.38. The van der Waals surface area contributed by atoms with Crippen molar-refractivity contribution in [3.05, 3.63) is 0 Å². The van der Waals surface area contributed by atoms with Crippen molar-refractivity contribution >= 4 is 11.9 Å². The highest BCUT2D eigenvalue weighted by molar-refractivity contribution is 6.01. The van der Waals surface area contributed by atoms with Crippen LogP contribution in [-0.4, -0.2) is 57.1 Å². The fourth-order valence-corrected chi connectivity index (χ4v) is 0.850. The van der Waals surface area contributed by atoms with Crippen LogP contribution < -0.4 is 11.1 Å². The lowest BCUT2D eigenvalue weighted by Gasteiger charge is -2.15. The Hall–Kier alpha value is -1.14. The van der Waals surface area contributed by atoms with Gasteiger partial charge in [-0.25, -0.2) is 4.79 Å². The zero-order valence-corrected chi connectivity index (χ0v) is 8.74. The lowest BCUT2D eigenvalue weighted by Crippen LogP contribution is -2.49. The maximum atomic E-state index is 11.0. The quantitative estimate of drug-likeness (QED) is 0.391. The number of hydrogen-bond acceptors (Lipinski definition) is 5. The number of nitrogens with one attached hydrogen (secondary N) is 1. The lowest BCUT2D eigenvalue weighted by molar-refractivity contribution is -0.146. The Labute approximate surface area is 83.4 Å². The fraction of sp³-hybridized carbons (Fsp3) is 0.750. The number of primary amides is 1. The Kier molecular flexibility index (Phi) is 5.82. The number of amides is 1. The second-order valence-electron chi connectivity index (χ2n) is 3.12. The van der Waals surface area contributed by atoms with E-state index in [1.165, 1.54) is 7.11 Å². The molecular formula is C8H17N3O3. The van der Waals surface area contributed by atoms with Crippen LogP contribution in [0.2, 0.25) is 0 Å². The van der Waals surface area contributed by atoms with E-state index in [1.54, 1.807) is 0 Å². The highest BCUT2D eigenvalue weighted by Crippen LogP contribution is 1.86. The number of likely N-dealkylation sites (N-methyl/N-ethyl adjacent to an activating group) is 1. The van der Waals surface area contributed by atoms with Gasteiger partial charge in [0, 0.05) is 13.1 Å². The first-order chi connectivity index (χ1) is 6.49. The average Bonchev–Trinajstić information content (AvgIpc) is 2.10. The zero-order chi connectivity index (χ0) is 11.1. The monoisotopic (exact) mass is 203 g/mol. The van der Waals surface area contributed by atoms with Crippen molar-refractivity contribution in [2.24, 2.45) is 5.73 Å². The molecule has 0 aliphatic heterocycles. The first-order valence-electron chi connectivity index (χ1n) is 4.24. The molecule has 14 heavy (non-hydrogen) atoms. The summed E-state index contributed by atoms with van der Waals surface area (Å²) in [6.45, 7) is 1.20. The van der Waals surface area contributed by atoms with Crippen LogP contribution in [0.3, 0.4) is 0 Å². The van der Waals surface area contributed by atoms with Crippen LogP contribution in [-0.2, 0) is 14.3 Å². The second kappa shape index (κ2) is 6.33. The van der Waals surface area contributed by atoms with E-state index in [9.17, 15) is 9.59 Å². The van der Waals surface area contributed by atoms with Crippen molar-refractivity contribution in [1.82, 2.24) is 10.2 Å². The molecule has 0 bridgehead atoms. The van der Waals surface area contributed by atoms with Crippen molar-refractivity contribution in [3.8, 4) is 0 Å². The number of hydrogen-bond donors (Lipinski definition) is 2. The van der Waals surface area contributed by atoms with E-state index in [4.69, 9.17) is 5.73 Å². The van der Waals surface area contributed by atoms with E-state index in [-0.39, 0.29) is 0 Å². The van der Waals surface area contributed by atoms with E-state index in [0.29, 0.717) is 13.1 Å². The molecule has 6 nitrogen and oxygen atoms in total. The van der Waals surface area contributed by atoms with E-state index in [0.717, 1.165) is 0 Å². The highest BCUT2D eigenvalue weighted by Gasteiger charge is 2.23. The molecule has 0 aromatic heterocycles.